The number of aromatic nitrogens is 1. The third-order valence-corrected chi connectivity index (χ3v) is 5.39. The maximum Gasteiger partial charge on any atom is 0.272 e. The second-order valence-corrected chi connectivity index (χ2v) is 6.88. The van der Waals surface area contributed by atoms with Gasteiger partial charge in [-0.2, -0.15) is 0 Å². The van der Waals surface area contributed by atoms with Crippen molar-refractivity contribution >= 4 is 11.8 Å². The predicted octanol–water partition coefficient (Wildman–Crippen LogP) is 0.163. The van der Waals surface area contributed by atoms with Crippen LogP contribution >= 0.6 is 0 Å². The Balaban J connectivity index is 1.65. The van der Waals surface area contributed by atoms with Crippen molar-refractivity contribution in [2.75, 3.05) is 26.7 Å². The average molecular weight is 331 g/mol. The van der Waals surface area contributed by atoms with Gasteiger partial charge in [0, 0.05) is 38.9 Å². The van der Waals surface area contributed by atoms with Gasteiger partial charge in [0.25, 0.3) is 5.91 Å². The molecule has 2 atom stereocenters. The third-order valence-electron chi connectivity index (χ3n) is 5.39. The van der Waals surface area contributed by atoms with Gasteiger partial charge in [-0.05, 0) is 30.4 Å². The largest absolute Gasteiger partial charge is 0.359 e. The first-order valence-corrected chi connectivity index (χ1v) is 8.45. The number of amides is 2. The van der Waals surface area contributed by atoms with Crippen molar-refractivity contribution in [3.05, 3.63) is 30.1 Å². The summed E-state index contributed by atoms with van der Waals surface area (Å²) in [6, 6.07) is 5.46. The highest BCUT2D eigenvalue weighted by molar-refractivity contribution is 5.92. The second kappa shape index (κ2) is 6.86. The van der Waals surface area contributed by atoms with Crippen LogP contribution in [0.4, 0.5) is 0 Å². The quantitative estimate of drug-likeness (QED) is 0.735. The fourth-order valence-corrected chi connectivity index (χ4v) is 3.77. The smallest absolute Gasteiger partial charge is 0.272 e. The standard InChI is InChI=1S/C17H25N5O2/c1-17(14-12(11-20-21-14)15(23)18-2)6-9-22(10-7-17)16(24)13-5-3-4-8-19-13/h3-5,8,12,14,20-21H,6-7,9-11H2,1-2H3,(H,18,23). The minimum Gasteiger partial charge on any atom is -0.359 e. The number of hydrazine groups is 1. The summed E-state index contributed by atoms with van der Waals surface area (Å²) >= 11 is 0. The zero-order valence-corrected chi connectivity index (χ0v) is 14.2. The Kier molecular flexibility index (Phi) is 4.82. The molecule has 0 spiro atoms. The van der Waals surface area contributed by atoms with E-state index in [0.29, 0.717) is 25.3 Å². The Morgan fingerprint density at radius 1 is 1.33 bits per heavy atom. The van der Waals surface area contributed by atoms with E-state index in [1.807, 2.05) is 17.0 Å². The average Bonchev–Trinajstić information content (AvgIpc) is 3.12. The fourth-order valence-electron chi connectivity index (χ4n) is 3.77. The highest BCUT2D eigenvalue weighted by Gasteiger charge is 2.46. The Bertz CT molecular complexity index is 598. The van der Waals surface area contributed by atoms with Gasteiger partial charge in [-0.25, -0.2) is 0 Å². The lowest BCUT2D eigenvalue weighted by Crippen LogP contribution is -2.54. The van der Waals surface area contributed by atoms with Gasteiger partial charge in [0.05, 0.1) is 5.92 Å². The SMILES string of the molecule is CNC(=O)C1CNNC1C1(C)CCN(C(=O)c2ccccn2)CC1. The molecule has 1 aromatic rings. The lowest BCUT2D eigenvalue weighted by atomic mass is 9.70. The molecular formula is C17H25N5O2. The molecule has 2 fully saturated rings. The summed E-state index contributed by atoms with van der Waals surface area (Å²) in [6.45, 7) is 4.21. The Morgan fingerprint density at radius 3 is 2.71 bits per heavy atom. The lowest BCUT2D eigenvalue weighted by molar-refractivity contribution is -0.125. The highest BCUT2D eigenvalue weighted by atomic mass is 16.2. The first-order chi connectivity index (χ1) is 11.5. The van der Waals surface area contributed by atoms with Gasteiger partial charge < -0.3 is 10.2 Å². The number of nitrogens with one attached hydrogen (secondary N) is 3. The van der Waals surface area contributed by atoms with E-state index in [2.05, 4.69) is 28.1 Å². The third kappa shape index (κ3) is 3.14. The van der Waals surface area contributed by atoms with Crippen LogP contribution in [0.25, 0.3) is 0 Å². The van der Waals surface area contributed by atoms with Crippen LogP contribution in [0.5, 0.6) is 0 Å². The van der Waals surface area contributed by atoms with Crippen LogP contribution in [0.15, 0.2) is 24.4 Å². The van der Waals surface area contributed by atoms with Crippen LogP contribution in [-0.4, -0.2) is 54.4 Å². The molecule has 24 heavy (non-hydrogen) atoms. The normalized spacial score (nSPS) is 26.2. The van der Waals surface area contributed by atoms with Gasteiger partial charge in [0.15, 0.2) is 0 Å². The highest BCUT2D eigenvalue weighted by Crippen LogP contribution is 2.38. The minimum absolute atomic E-state index is 0.0157. The van der Waals surface area contributed by atoms with E-state index in [1.165, 1.54) is 0 Å². The van der Waals surface area contributed by atoms with E-state index in [4.69, 9.17) is 0 Å². The van der Waals surface area contributed by atoms with Gasteiger partial charge >= 0.3 is 0 Å². The zero-order chi connectivity index (χ0) is 17.2. The number of nitrogens with zero attached hydrogens (tertiary/aromatic N) is 2. The van der Waals surface area contributed by atoms with Crippen molar-refractivity contribution in [3.63, 3.8) is 0 Å². The number of carbonyl (C=O) groups excluding carboxylic acids is 2. The molecule has 3 N–H and O–H groups in total. The number of piperidine rings is 1. The number of hydrogen-bond acceptors (Lipinski definition) is 5. The summed E-state index contributed by atoms with van der Waals surface area (Å²) < 4.78 is 0. The molecule has 7 nitrogen and oxygen atoms in total. The molecular weight excluding hydrogens is 306 g/mol. The van der Waals surface area contributed by atoms with E-state index >= 15 is 0 Å². The van der Waals surface area contributed by atoms with Gasteiger partial charge in [-0.1, -0.05) is 13.0 Å². The predicted molar refractivity (Wildman–Crippen MR) is 90.0 cm³/mol. The van der Waals surface area contributed by atoms with Gasteiger partial charge in [-0.15, -0.1) is 0 Å². The monoisotopic (exact) mass is 331 g/mol. The van der Waals surface area contributed by atoms with Crippen molar-refractivity contribution in [3.8, 4) is 0 Å². The topological polar surface area (TPSA) is 86.4 Å². The first kappa shape index (κ1) is 16.9. The first-order valence-electron chi connectivity index (χ1n) is 8.45. The molecule has 3 heterocycles. The van der Waals surface area contributed by atoms with Gasteiger partial charge in [0.1, 0.15) is 5.69 Å². The maximum atomic E-state index is 12.5. The Morgan fingerprint density at radius 2 is 2.08 bits per heavy atom. The van der Waals surface area contributed by atoms with Crippen molar-refractivity contribution in [2.24, 2.45) is 11.3 Å². The number of rotatable bonds is 3. The molecule has 2 aliphatic heterocycles. The molecule has 7 heteroatoms. The fraction of sp³-hybridized carbons (Fsp3) is 0.588. The summed E-state index contributed by atoms with van der Waals surface area (Å²) in [6.07, 6.45) is 3.36. The van der Waals surface area contributed by atoms with E-state index < -0.39 is 0 Å². The summed E-state index contributed by atoms with van der Waals surface area (Å²) in [5, 5.41) is 2.75. The number of likely N-dealkylation sites (tertiary alicyclic amines) is 1. The van der Waals surface area contributed by atoms with Crippen molar-refractivity contribution in [1.29, 1.82) is 0 Å². The van der Waals surface area contributed by atoms with Gasteiger partial charge in [-0.3, -0.25) is 25.4 Å². The number of pyridine rings is 1. The van der Waals surface area contributed by atoms with Crippen LogP contribution in [0, 0.1) is 11.3 Å². The van der Waals surface area contributed by atoms with Crippen LogP contribution in [0.3, 0.4) is 0 Å². The van der Waals surface area contributed by atoms with Crippen LogP contribution in [0.2, 0.25) is 0 Å². The number of carbonyl (C=O) groups is 2. The summed E-state index contributed by atoms with van der Waals surface area (Å²) in [7, 11) is 1.67. The summed E-state index contributed by atoms with van der Waals surface area (Å²) in [5.41, 5.74) is 6.86. The molecule has 3 rings (SSSR count). The molecule has 2 saturated heterocycles. The molecule has 0 radical (unpaired) electrons. The van der Waals surface area contributed by atoms with E-state index in [9.17, 15) is 9.59 Å². The molecule has 0 aliphatic carbocycles. The minimum atomic E-state index is -0.0851. The maximum absolute atomic E-state index is 12.5. The molecule has 2 amide bonds. The molecule has 130 valence electrons. The van der Waals surface area contributed by atoms with Crippen LogP contribution in [0.1, 0.15) is 30.3 Å². The molecule has 2 aliphatic rings. The summed E-state index contributed by atoms with van der Waals surface area (Å²) in [4.78, 5) is 30.6. The molecule has 1 aromatic heterocycles. The van der Waals surface area contributed by atoms with Gasteiger partial charge in [0.2, 0.25) is 5.91 Å². The molecule has 0 saturated carbocycles. The van der Waals surface area contributed by atoms with Crippen molar-refractivity contribution in [2.45, 2.75) is 25.8 Å². The summed E-state index contributed by atoms with van der Waals surface area (Å²) in [5.74, 6) is -0.0400. The Labute approximate surface area is 142 Å². The molecule has 0 aromatic carbocycles. The van der Waals surface area contributed by atoms with Crippen LogP contribution in [-0.2, 0) is 4.79 Å². The number of hydrogen-bond donors (Lipinski definition) is 3. The van der Waals surface area contributed by atoms with E-state index in [0.717, 1.165) is 12.8 Å². The van der Waals surface area contributed by atoms with Crippen molar-refractivity contribution < 1.29 is 9.59 Å². The van der Waals surface area contributed by atoms with Crippen LogP contribution < -0.4 is 16.2 Å². The lowest BCUT2D eigenvalue weighted by Gasteiger charge is -2.44. The van der Waals surface area contributed by atoms with Crippen molar-refractivity contribution in [1.82, 2.24) is 26.1 Å². The van der Waals surface area contributed by atoms with E-state index in [1.54, 1.807) is 19.3 Å². The molecule has 0 bridgehead atoms. The van der Waals surface area contributed by atoms with E-state index in [-0.39, 0.29) is 29.2 Å². The Hall–Kier alpha value is -1.99. The molecule has 2 unspecified atom stereocenters. The second-order valence-electron chi connectivity index (χ2n) is 6.88. The zero-order valence-electron chi connectivity index (χ0n) is 14.2.